The van der Waals surface area contributed by atoms with Gasteiger partial charge in [0.1, 0.15) is 5.60 Å². The van der Waals surface area contributed by atoms with Gasteiger partial charge in [0, 0.05) is 12.5 Å². The van der Waals surface area contributed by atoms with Crippen molar-refractivity contribution in [3.63, 3.8) is 0 Å². The fraction of sp³-hybridized carbons (Fsp3) is 0.303. The van der Waals surface area contributed by atoms with Crippen LogP contribution in [0.4, 0.5) is 4.79 Å². The van der Waals surface area contributed by atoms with Gasteiger partial charge in [-0.2, -0.15) is 0 Å². The second-order valence-corrected chi connectivity index (χ2v) is 10.8. The summed E-state index contributed by atoms with van der Waals surface area (Å²) in [4.78, 5) is 14.7. The van der Waals surface area contributed by atoms with Gasteiger partial charge in [-0.05, 0) is 66.3 Å². The first-order valence-electron chi connectivity index (χ1n) is 13.1. The molecule has 4 aromatic rings. The molecule has 1 fully saturated rings. The van der Waals surface area contributed by atoms with Gasteiger partial charge in [0.05, 0.1) is 19.3 Å². The van der Waals surface area contributed by atoms with Gasteiger partial charge >= 0.3 is 6.09 Å². The number of nitrogens with zero attached hydrogens (tertiary/aromatic N) is 1. The number of amides is 1. The summed E-state index contributed by atoms with van der Waals surface area (Å²) in [5.74, 6) is 0.183. The standard InChI is InChI=1S/C33H35NO3/c1-33(2,3)37-32(35)34-19-18-30(29-15-9-14-28(21-29)25-10-5-4-6-11-25)31(22-34)36-23-24-16-17-26-12-7-8-13-27(26)20-24/h4-17,20-21,30-31H,18-19,22-23H2,1-3H3. The van der Waals surface area contributed by atoms with Crippen LogP contribution < -0.4 is 0 Å². The number of ether oxygens (including phenoxy) is 2. The smallest absolute Gasteiger partial charge is 0.410 e. The van der Waals surface area contributed by atoms with Crippen molar-refractivity contribution < 1.29 is 14.3 Å². The van der Waals surface area contributed by atoms with E-state index in [-0.39, 0.29) is 18.1 Å². The molecule has 0 bridgehead atoms. The highest BCUT2D eigenvalue weighted by Gasteiger charge is 2.35. The van der Waals surface area contributed by atoms with Crippen molar-refractivity contribution in [2.24, 2.45) is 0 Å². The molecule has 2 atom stereocenters. The summed E-state index contributed by atoms with van der Waals surface area (Å²) in [6, 6.07) is 34.0. The largest absolute Gasteiger partial charge is 0.444 e. The van der Waals surface area contributed by atoms with Crippen molar-refractivity contribution in [1.29, 1.82) is 0 Å². The summed E-state index contributed by atoms with van der Waals surface area (Å²) >= 11 is 0. The molecule has 0 aromatic heterocycles. The highest BCUT2D eigenvalue weighted by Crippen LogP contribution is 2.34. The van der Waals surface area contributed by atoms with Gasteiger partial charge in [0.25, 0.3) is 0 Å². The van der Waals surface area contributed by atoms with E-state index in [9.17, 15) is 4.79 Å². The maximum Gasteiger partial charge on any atom is 0.410 e. The van der Waals surface area contributed by atoms with Crippen LogP contribution in [-0.2, 0) is 16.1 Å². The molecule has 0 N–H and O–H groups in total. The number of hydrogen-bond donors (Lipinski definition) is 0. The van der Waals surface area contributed by atoms with Crippen molar-refractivity contribution in [2.45, 2.75) is 51.4 Å². The monoisotopic (exact) mass is 493 g/mol. The molecule has 2 unspecified atom stereocenters. The number of hydrogen-bond acceptors (Lipinski definition) is 3. The summed E-state index contributed by atoms with van der Waals surface area (Å²) in [6.45, 7) is 7.35. The predicted octanol–water partition coefficient (Wildman–Crippen LogP) is 7.82. The number of likely N-dealkylation sites (tertiary alicyclic amines) is 1. The molecule has 4 heteroatoms. The summed E-state index contributed by atoms with van der Waals surface area (Å²) < 4.78 is 12.3. The van der Waals surface area contributed by atoms with E-state index in [1.165, 1.54) is 27.5 Å². The lowest BCUT2D eigenvalue weighted by Gasteiger charge is -2.39. The number of carbonyl (C=O) groups is 1. The van der Waals surface area contributed by atoms with Crippen LogP contribution >= 0.6 is 0 Å². The minimum atomic E-state index is -0.528. The van der Waals surface area contributed by atoms with E-state index in [2.05, 4.69) is 91.0 Å². The molecular formula is C33H35NO3. The van der Waals surface area contributed by atoms with E-state index in [1.54, 1.807) is 4.90 Å². The van der Waals surface area contributed by atoms with Crippen molar-refractivity contribution in [1.82, 2.24) is 4.90 Å². The van der Waals surface area contributed by atoms with E-state index in [1.807, 2.05) is 26.8 Å². The number of fused-ring (bicyclic) bond motifs is 1. The molecule has 0 aliphatic carbocycles. The average Bonchev–Trinajstić information content (AvgIpc) is 2.91. The van der Waals surface area contributed by atoms with Crippen LogP contribution in [0.1, 0.15) is 44.2 Å². The van der Waals surface area contributed by atoms with Crippen molar-refractivity contribution >= 4 is 16.9 Å². The second kappa shape index (κ2) is 10.8. The fourth-order valence-corrected chi connectivity index (χ4v) is 5.07. The van der Waals surface area contributed by atoms with Gasteiger partial charge in [0.15, 0.2) is 0 Å². The molecule has 5 rings (SSSR count). The van der Waals surface area contributed by atoms with Crippen molar-refractivity contribution in [2.75, 3.05) is 13.1 Å². The van der Waals surface area contributed by atoms with E-state index in [0.717, 1.165) is 12.0 Å². The zero-order chi connectivity index (χ0) is 25.8. The Hall–Kier alpha value is -3.63. The molecule has 0 saturated carbocycles. The van der Waals surface area contributed by atoms with Crippen LogP contribution in [-0.4, -0.2) is 35.8 Å². The van der Waals surface area contributed by atoms with Crippen LogP contribution in [0.5, 0.6) is 0 Å². The minimum Gasteiger partial charge on any atom is -0.444 e. The quantitative estimate of drug-likeness (QED) is 0.284. The molecule has 37 heavy (non-hydrogen) atoms. The SMILES string of the molecule is CC(C)(C)OC(=O)N1CCC(c2cccc(-c3ccccc3)c2)C(OCc2ccc3ccccc3c2)C1. The van der Waals surface area contributed by atoms with Gasteiger partial charge in [0.2, 0.25) is 0 Å². The Bertz CT molecular complexity index is 1360. The molecule has 4 aromatic carbocycles. The topological polar surface area (TPSA) is 38.8 Å². The number of carbonyl (C=O) groups excluding carboxylic acids is 1. The Morgan fingerprint density at radius 2 is 1.57 bits per heavy atom. The third kappa shape index (κ3) is 6.20. The molecule has 1 aliphatic rings. The van der Waals surface area contributed by atoms with Crippen LogP contribution in [0.25, 0.3) is 21.9 Å². The zero-order valence-electron chi connectivity index (χ0n) is 21.9. The Labute approximate surface area is 219 Å². The lowest BCUT2D eigenvalue weighted by atomic mass is 9.85. The van der Waals surface area contributed by atoms with E-state index >= 15 is 0 Å². The normalized spacial score (nSPS) is 18.1. The first-order chi connectivity index (χ1) is 17.9. The molecule has 1 amide bonds. The Balaban J connectivity index is 1.39. The Morgan fingerprint density at radius 3 is 2.35 bits per heavy atom. The summed E-state index contributed by atoms with van der Waals surface area (Å²) in [5, 5.41) is 2.42. The van der Waals surface area contributed by atoms with Crippen LogP contribution in [0.2, 0.25) is 0 Å². The third-order valence-electron chi connectivity index (χ3n) is 6.91. The van der Waals surface area contributed by atoms with Crippen molar-refractivity contribution in [3.05, 3.63) is 108 Å². The maximum absolute atomic E-state index is 12.9. The molecule has 1 saturated heterocycles. The molecule has 190 valence electrons. The number of piperidine rings is 1. The van der Waals surface area contributed by atoms with Crippen LogP contribution in [0.15, 0.2) is 97.1 Å². The molecule has 0 radical (unpaired) electrons. The highest BCUT2D eigenvalue weighted by molar-refractivity contribution is 5.83. The van der Waals surface area contributed by atoms with Gasteiger partial charge in [-0.1, -0.05) is 91.0 Å². The predicted molar refractivity (Wildman–Crippen MR) is 150 cm³/mol. The molecular weight excluding hydrogens is 458 g/mol. The molecule has 1 heterocycles. The molecule has 0 spiro atoms. The first-order valence-corrected chi connectivity index (χ1v) is 13.1. The summed E-state index contributed by atoms with van der Waals surface area (Å²) in [5.41, 5.74) is 4.24. The number of benzene rings is 4. The van der Waals surface area contributed by atoms with E-state index in [4.69, 9.17) is 9.47 Å². The lowest BCUT2D eigenvalue weighted by Crippen LogP contribution is -2.48. The Morgan fingerprint density at radius 1 is 0.838 bits per heavy atom. The van der Waals surface area contributed by atoms with Gasteiger partial charge in [-0.3, -0.25) is 0 Å². The zero-order valence-corrected chi connectivity index (χ0v) is 21.9. The Kier molecular flexibility index (Phi) is 7.29. The van der Waals surface area contributed by atoms with Gasteiger partial charge < -0.3 is 14.4 Å². The van der Waals surface area contributed by atoms with Gasteiger partial charge in [-0.15, -0.1) is 0 Å². The van der Waals surface area contributed by atoms with Gasteiger partial charge in [-0.25, -0.2) is 4.79 Å². The van der Waals surface area contributed by atoms with E-state index < -0.39 is 5.60 Å². The highest BCUT2D eigenvalue weighted by atomic mass is 16.6. The van der Waals surface area contributed by atoms with E-state index in [0.29, 0.717) is 19.7 Å². The maximum atomic E-state index is 12.9. The first kappa shape index (κ1) is 25.0. The lowest BCUT2D eigenvalue weighted by molar-refractivity contribution is -0.0359. The fourth-order valence-electron chi connectivity index (χ4n) is 5.07. The summed E-state index contributed by atoms with van der Waals surface area (Å²) in [6.07, 6.45) is 0.405. The second-order valence-electron chi connectivity index (χ2n) is 10.8. The van der Waals surface area contributed by atoms with Crippen LogP contribution in [0.3, 0.4) is 0 Å². The minimum absolute atomic E-state index is 0.140. The molecule has 1 aliphatic heterocycles. The van der Waals surface area contributed by atoms with Crippen molar-refractivity contribution in [3.8, 4) is 11.1 Å². The number of rotatable bonds is 5. The third-order valence-corrected chi connectivity index (χ3v) is 6.91. The average molecular weight is 494 g/mol. The van der Waals surface area contributed by atoms with Crippen LogP contribution in [0, 0.1) is 0 Å². The summed E-state index contributed by atoms with van der Waals surface area (Å²) in [7, 11) is 0. The molecule has 4 nitrogen and oxygen atoms in total.